The summed E-state index contributed by atoms with van der Waals surface area (Å²) in [6.45, 7) is 0. The molecule has 0 amide bonds. The molecule has 0 saturated heterocycles. The molecule has 3 heterocycles. The maximum atomic E-state index is 2.49. The molecule has 124 valence electrons. The monoisotopic (exact) mass is 480 g/mol. The zero-order valence-electron chi connectivity index (χ0n) is 13.7. The van der Waals surface area contributed by atoms with Crippen LogP contribution in [0.4, 0.5) is 0 Å². The Kier molecular flexibility index (Phi) is 3.43. The first kappa shape index (κ1) is 15.3. The molecule has 0 aliphatic carbocycles. The van der Waals surface area contributed by atoms with Crippen molar-refractivity contribution in [3.05, 3.63) is 80.7 Å². The fraction of sp³-hybridized carbons (Fsp3) is 0. The quantitative estimate of drug-likeness (QED) is 0.215. The van der Waals surface area contributed by atoms with Crippen LogP contribution in [0.2, 0.25) is 0 Å². The largest absolute Gasteiger partial charge is 0.135 e. The van der Waals surface area contributed by atoms with Gasteiger partial charge in [0.05, 0.1) is 0 Å². The first-order valence-corrected chi connectivity index (χ1v) is 12.4. The zero-order valence-corrected chi connectivity index (χ0v) is 17.5. The lowest BCUT2D eigenvalue weighted by Gasteiger charge is -2.08. The van der Waals surface area contributed by atoms with Crippen molar-refractivity contribution in [1.29, 1.82) is 0 Å². The van der Waals surface area contributed by atoms with Gasteiger partial charge in [-0.1, -0.05) is 69.3 Å². The molecule has 0 spiro atoms. The lowest BCUT2D eigenvalue weighted by Crippen LogP contribution is -1.89. The Morgan fingerprint density at radius 3 is 2.27 bits per heavy atom. The predicted molar refractivity (Wildman–Crippen MR) is 128 cm³/mol. The van der Waals surface area contributed by atoms with Crippen molar-refractivity contribution < 1.29 is 0 Å². The number of hydrogen-bond donors (Lipinski definition) is 0. The lowest BCUT2D eigenvalue weighted by atomic mass is 10.0. The number of halogens is 1. The molecule has 3 heteroatoms. The van der Waals surface area contributed by atoms with Crippen LogP contribution < -0.4 is 0 Å². The predicted octanol–water partition coefficient (Wildman–Crippen LogP) is 7.77. The minimum absolute atomic E-state index is 0.0792. The van der Waals surface area contributed by atoms with E-state index in [4.69, 9.17) is 0 Å². The molecule has 0 nitrogen and oxygen atoms in total. The Balaban J connectivity index is 1.52. The van der Waals surface area contributed by atoms with E-state index < -0.39 is 0 Å². The fourth-order valence-corrected chi connectivity index (χ4v) is 9.04. The van der Waals surface area contributed by atoms with E-state index in [1.165, 1.54) is 46.3 Å². The maximum absolute atomic E-state index is 2.49. The van der Waals surface area contributed by atoms with Crippen LogP contribution in [-0.4, -0.2) is 4.01 Å². The van der Waals surface area contributed by atoms with Gasteiger partial charge < -0.3 is 0 Å². The van der Waals surface area contributed by atoms with Gasteiger partial charge in [-0.3, -0.25) is 0 Å². The van der Waals surface area contributed by atoms with Gasteiger partial charge in [-0.15, -0.1) is 22.7 Å². The third-order valence-corrected chi connectivity index (χ3v) is 10.2. The van der Waals surface area contributed by atoms with Gasteiger partial charge in [0.2, 0.25) is 0 Å². The first-order chi connectivity index (χ1) is 12.9. The van der Waals surface area contributed by atoms with E-state index in [1.807, 2.05) is 22.7 Å². The highest BCUT2D eigenvalue weighted by molar-refractivity contribution is 14.2. The van der Waals surface area contributed by atoms with Crippen LogP contribution in [0.25, 0.3) is 41.9 Å². The Bertz CT molecular complexity index is 1380. The molecule has 0 fully saturated rings. The molecule has 2 aromatic heterocycles. The molecule has 26 heavy (non-hydrogen) atoms. The van der Waals surface area contributed by atoms with Gasteiger partial charge >= 0.3 is 0 Å². The molecule has 1 aliphatic heterocycles. The summed E-state index contributed by atoms with van der Waals surface area (Å²) in [4.78, 5) is 1.47. The molecule has 1 aliphatic rings. The van der Waals surface area contributed by atoms with Crippen molar-refractivity contribution in [3.63, 3.8) is 0 Å². The van der Waals surface area contributed by atoms with Crippen molar-refractivity contribution in [2.24, 2.45) is 0 Å². The average Bonchev–Trinajstić information content (AvgIpc) is 3.24. The van der Waals surface area contributed by atoms with Gasteiger partial charge in [-0.25, -0.2) is 0 Å². The van der Waals surface area contributed by atoms with E-state index in [-0.39, 0.29) is 20.7 Å². The summed E-state index contributed by atoms with van der Waals surface area (Å²) in [5.41, 5.74) is 2.75. The van der Waals surface area contributed by atoms with Crippen molar-refractivity contribution in [1.82, 2.24) is 0 Å². The molecule has 0 bridgehead atoms. The summed E-state index contributed by atoms with van der Waals surface area (Å²) < 4.78 is 8.27. The highest BCUT2D eigenvalue weighted by atomic mass is 127. The third-order valence-electron chi connectivity index (χ3n) is 4.84. The standard InChI is InChI=1S/C23H13IS2/c1-3-7-19-16(5-1)17-10-9-14(11-21(17)25-19)15-12-22-23(24-13-15)18-6-2-4-8-20(18)26-22/h1-13H. The smallest absolute Gasteiger partial charge is 0.0418 e. The Labute approximate surface area is 169 Å². The van der Waals surface area contributed by atoms with E-state index in [0.29, 0.717) is 0 Å². The number of rotatable bonds is 1. The summed E-state index contributed by atoms with van der Waals surface area (Å²) in [5.74, 6) is 0. The summed E-state index contributed by atoms with van der Waals surface area (Å²) in [7, 11) is 0. The molecular weight excluding hydrogens is 467 g/mol. The highest BCUT2D eigenvalue weighted by Crippen LogP contribution is 2.41. The topological polar surface area (TPSA) is 0 Å². The summed E-state index contributed by atoms with van der Waals surface area (Å²) >= 11 is 3.76. The second-order valence-electron chi connectivity index (χ2n) is 6.40. The number of thiophene rings is 2. The fourth-order valence-electron chi connectivity index (χ4n) is 3.58. The van der Waals surface area contributed by atoms with Crippen LogP contribution in [0.5, 0.6) is 0 Å². The van der Waals surface area contributed by atoms with Gasteiger partial charge in [0.15, 0.2) is 0 Å². The van der Waals surface area contributed by atoms with Gasteiger partial charge in [0.1, 0.15) is 0 Å². The van der Waals surface area contributed by atoms with E-state index >= 15 is 0 Å². The number of allylic oxidation sites excluding steroid dienone is 1. The second-order valence-corrected chi connectivity index (χ2v) is 10.9. The van der Waals surface area contributed by atoms with E-state index in [9.17, 15) is 0 Å². The van der Waals surface area contributed by atoms with E-state index in [2.05, 4.69) is 76.8 Å². The van der Waals surface area contributed by atoms with Crippen molar-refractivity contribution in [3.8, 4) is 0 Å². The first-order valence-electron chi connectivity index (χ1n) is 8.48. The van der Waals surface area contributed by atoms with Crippen molar-refractivity contribution >= 4 is 89.3 Å². The highest BCUT2D eigenvalue weighted by Gasteiger charge is 2.14. The SMILES string of the molecule is C1=Ic2c(sc3ccccc23)C=C1c1ccc2c(c1)sc1ccccc12. The van der Waals surface area contributed by atoms with Crippen LogP contribution >= 0.6 is 43.4 Å². The van der Waals surface area contributed by atoms with Crippen molar-refractivity contribution in [2.45, 2.75) is 0 Å². The number of benzene rings is 3. The van der Waals surface area contributed by atoms with Gasteiger partial charge in [-0.05, 0) is 39.4 Å². The molecule has 0 radical (unpaired) electrons. The van der Waals surface area contributed by atoms with Crippen LogP contribution in [0.3, 0.4) is 0 Å². The lowest BCUT2D eigenvalue weighted by molar-refractivity contribution is 1.75. The normalized spacial score (nSPS) is 13.8. The van der Waals surface area contributed by atoms with Crippen LogP contribution in [0.15, 0.2) is 66.7 Å². The summed E-state index contributed by atoms with van der Waals surface area (Å²) in [5, 5.41) is 4.22. The minimum atomic E-state index is -0.0792. The molecule has 0 unspecified atom stereocenters. The van der Waals surface area contributed by atoms with Crippen molar-refractivity contribution in [2.75, 3.05) is 0 Å². The van der Waals surface area contributed by atoms with Gasteiger partial charge in [0.25, 0.3) is 0 Å². The number of fused-ring (bicyclic) bond motifs is 6. The summed E-state index contributed by atoms with van der Waals surface area (Å²) in [6.07, 6.45) is 2.40. The maximum Gasteiger partial charge on any atom is 0.0418 e. The molecule has 0 atom stereocenters. The van der Waals surface area contributed by atoms with E-state index in [0.717, 1.165) is 0 Å². The van der Waals surface area contributed by atoms with Crippen LogP contribution in [0, 0.1) is 3.57 Å². The third kappa shape index (κ3) is 2.27. The molecule has 0 N–H and O–H groups in total. The molecular formula is C23H13IS2. The van der Waals surface area contributed by atoms with Gasteiger partial charge in [-0.2, -0.15) is 0 Å². The number of hydrogen-bond acceptors (Lipinski definition) is 2. The molecule has 5 aromatic rings. The minimum Gasteiger partial charge on any atom is -0.135 e. The molecule has 0 saturated carbocycles. The van der Waals surface area contributed by atoms with Gasteiger partial charge in [0, 0.05) is 38.7 Å². The van der Waals surface area contributed by atoms with Crippen LogP contribution in [0.1, 0.15) is 10.4 Å². The second kappa shape index (κ2) is 5.84. The Hall–Kier alpha value is -1.82. The Morgan fingerprint density at radius 1 is 0.654 bits per heavy atom. The summed E-state index contributed by atoms with van der Waals surface area (Å²) in [6, 6.07) is 24.5. The van der Waals surface area contributed by atoms with Crippen LogP contribution in [-0.2, 0) is 0 Å². The van der Waals surface area contributed by atoms with E-state index in [1.54, 1.807) is 3.57 Å². The molecule has 3 aromatic carbocycles. The molecule has 6 rings (SSSR count). The average molecular weight is 480 g/mol. The zero-order chi connectivity index (χ0) is 17.1. The Morgan fingerprint density at radius 2 is 1.38 bits per heavy atom.